The summed E-state index contributed by atoms with van der Waals surface area (Å²) >= 11 is 6.18. The average Bonchev–Trinajstić information content (AvgIpc) is 3.11. The van der Waals surface area contributed by atoms with Crippen LogP contribution in [0.3, 0.4) is 0 Å². The molecule has 7 heteroatoms. The standard InChI is InChI=1S/C22H27ClN2O3S/c1-14-8-11-20(13-21(14)23)25(29(4,27)28)16(3)22(26)24-15(2)18-10-9-17-6-5-7-19(17)12-18/h8-13,15-16H,5-7H2,1-4H3,(H,24,26)/t15-,16-/m0/s1. The first-order chi connectivity index (χ1) is 13.6. The van der Waals surface area contributed by atoms with Gasteiger partial charge in [0.25, 0.3) is 0 Å². The van der Waals surface area contributed by atoms with Crippen molar-refractivity contribution in [2.24, 2.45) is 0 Å². The van der Waals surface area contributed by atoms with Crippen LogP contribution in [0.2, 0.25) is 5.02 Å². The number of benzene rings is 2. The highest BCUT2D eigenvalue weighted by Gasteiger charge is 2.30. The van der Waals surface area contributed by atoms with Crippen molar-refractivity contribution in [3.63, 3.8) is 0 Å². The fourth-order valence-electron chi connectivity index (χ4n) is 3.81. The Morgan fingerprint density at radius 1 is 1.10 bits per heavy atom. The Morgan fingerprint density at radius 3 is 2.45 bits per heavy atom. The summed E-state index contributed by atoms with van der Waals surface area (Å²) in [5.41, 5.74) is 4.95. The van der Waals surface area contributed by atoms with Crippen molar-refractivity contribution in [1.82, 2.24) is 5.32 Å². The first-order valence-electron chi connectivity index (χ1n) is 9.75. The van der Waals surface area contributed by atoms with Gasteiger partial charge in [0.05, 0.1) is 18.0 Å². The van der Waals surface area contributed by atoms with E-state index in [9.17, 15) is 13.2 Å². The summed E-state index contributed by atoms with van der Waals surface area (Å²) in [5.74, 6) is -0.361. The van der Waals surface area contributed by atoms with Crippen molar-refractivity contribution >= 4 is 33.2 Å². The van der Waals surface area contributed by atoms with E-state index in [2.05, 4.69) is 17.4 Å². The van der Waals surface area contributed by atoms with Crippen LogP contribution < -0.4 is 9.62 Å². The zero-order valence-corrected chi connectivity index (χ0v) is 18.8. The van der Waals surface area contributed by atoms with Gasteiger partial charge in [0.2, 0.25) is 15.9 Å². The van der Waals surface area contributed by atoms with Crippen molar-refractivity contribution in [2.45, 2.75) is 52.1 Å². The Bertz CT molecular complexity index is 1040. The second-order valence-electron chi connectivity index (χ2n) is 7.78. The maximum Gasteiger partial charge on any atom is 0.244 e. The molecule has 0 radical (unpaired) electrons. The number of hydrogen-bond donors (Lipinski definition) is 1. The Hall–Kier alpha value is -2.05. The van der Waals surface area contributed by atoms with Gasteiger partial charge in [0.1, 0.15) is 6.04 Å². The molecule has 0 fully saturated rings. The molecule has 2 aromatic rings. The van der Waals surface area contributed by atoms with Gasteiger partial charge >= 0.3 is 0 Å². The van der Waals surface area contributed by atoms with Crippen LogP contribution in [0.1, 0.15) is 48.6 Å². The van der Waals surface area contributed by atoms with Crippen LogP contribution in [-0.4, -0.2) is 26.6 Å². The van der Waals surface area contributed by atoms with Crippen molar-refractivity contribution in [3.05, 3.63) is 63.7 Å². The number of amides is 1. The van der Waals surface area contributed by atoms with Crippen LogP contribution in [-0.2, 0) is 27.7 Å². The second kappa shape index (κ2) is 8.36. The molecule has 0 spiro atoms. The predicted octanol–water partition coefficient (Wildman–Crippen LogP) is 4.17. The van der Waals surface area contributed by atoms with Crippen molar-refractivity contribution < 1.29 is 13.2 Å². The molecule has 156 valence electrons. The van der Waals surface area contributed by atoms with E-state index >= 15 is 0 Å². The van der Waals surface area contributed by atoms with Gasteiger partial charge < -0.3 is 5.32 Å². The molecule has 0 bridgehead atoms. The topological polar surface area (TPSA) is 66.5 Å². The molecule has 2 atom stereocenters. The molecule has 29 heavy (non-hydrogen) atoms. The predicted molar refractivity (Wildman–Crippen MR) is 118 cm³/mol. The van der Waals surface area contributed by atoms with E-state index in [1.165, 1.54) is 17.5 Å². The highest BCUT2D eigenvalue weighted by atomic mass is 35.5. The van der Waals surface area contributed by atoms with Gasteiger partial charge in [-0.25, -0.2) is 8.42 Å². The fraction of sp³-hybridized carbons (Fsp3) is 0.409. The summed E-state index contributed by atoms with van der Waals surface area (Å²) < 4.78 is 26.0. The van der Waals surface area contributed by atoms with Gasteiger partial charge in [-0.05, 0) is 74.4 Å². The molecule has 1 aliphatic rings. The molecule has 0 aromatic heterocycles. The Morgan fingerprint density at radius 2 is 1.79 bits per heavy atom. The Kier molecular flexibility index (Phi) is 6.24. The molecule has 1 N–H and O–H groups in total. The normalized spacial score (nSPS) is 15.5. The van der Waals surface area contributed by atoms with E-state index in [0.29, 0.717) is 10.7 Å². The van der Waals surface area contributed by atoms with Crippen molar-refractivity contribution in [1.29, 1.82) is 0 Å². The van der Waals surface area contributed by atoms with Crippen LogP contribution in [0, 0.1) is 6.92 Å². The molecular weight excluding hydrogens is 408 g/mol. The Balaban J connectivity index is 1.81. The number of rotatable bonds is 6. The summed E-state index contributed by atoms with van der Waals surface area (Å²) in [4.78, 5) is 12.9. The molecular formula is C22H27ClN2O3S. The van der Waals surface area contributed by atoms with E-state index in [4.69, 9.17) is 11.6 Å². The number of carbonyl (C=O) groups excluding carboxylic acids is 1. The first-order valence-corrected chi connectivity index (χ1v) is 12.0. The first kappa shape index (κ1) is 21.7. The van der Waals surface area contributed by atoms with Gasteiger partial charge in [0, 0.05) is 5.02 Å². The van der Waals surface area contributed by atoms with Gasteiger partial charge in [-0.3, -0.25) is 9.10 Å². The average molecular weight is 435 g/mol. The molecule has 0 saturated heterocycles. The van der Waals surface area contributed by atoms with Crippen LogP contribution in [0.25, 0.3) is 0 Å². The third kappa shape index (κ3) is 4.75. The largest absolute Gasteiger partial charge is 0.348 e. The highest BCUT2D eigenvalue weighted by Crippen LogP contribution is 2.28. The number of nitrogens with zero attached hydrogens (tertiary/aromatic N) is 1. The molecule has 3 rings (SSSR count). The zero-order valence-electron chi connectivity index (χ0n) is 17.2. The van der Waals surface area contributed by atoms with Gasteiger partial charge in [-0.15, -0.1) is 0 Å². The monoisotopic (exact) mass is 434 g/mol. The zero-order chi connectivity index (χ0) is 21.3. The maximum atomic E-state index is 12.9. The van der Waals surface area contributed by atoms with E-state index in [0.717, 1.165) is 34.5 Å². The van der Waals surface area contributed by atoms with Crippen molar-refractivity contribution in [2.75, 3.05) is 10.6 Å². The van der Waals surface area contributed by atoms with Crippen LogP contribution in [0.15, 0.2) is 36.4 Å². The summed E-state index contributed by atoms with van der Waals surface area (Å²) in [5, 5.41) is 3.41. The van der Waals surface area contributed by atoms with Gasteiger partial charge in [0.15, 0.2) is 0 Å². The molecule has 0 aliphatic heterocycles. The van der Waals surface area contributed by atoms with E-state index in [1.807, 2.05) is 19.9 Å². The number of hydrogen-bond acceptors (Lipinski definition) is 3. The lowest BCUT2D eigenvalue weighted by Crippen LogP contribution is -2.48. The molecule has 0 heterocycles. The maximum absolute atomic E-state index is 12.9. The smallest absolute Gasteiger partial charge is 0.244 e. The number of nitrogens with one attached hydrogen (secondary N) is 1. The van der Waals surface area contributed by atoms with Gasteiger partial charge in [-0.1, -0.05) is 35.9 Å². The highest BCUT2D eigenvalue weighted by molar-refractivity contribution is 7.92. The molecule has 1 amide bonds. The van der Waals surface area contributed by atoms with E-state index in [1.54, 1.807) is 25.1 Å². The lowest BCUT2D eigenvalue weighted by Gasteiger charge is -2.29. The lowest BCUT2D eigenvalue weighted by atomic mass is 10.0. The number of halogens is 1. The third-order valence-corrected chi connectivity index (χ3v) is 7.13. The lowest BCUT2D eigenvalue weighted by molar-refractivity contribution is -0.122. The molecule has 1 aliphatic carbocycles. The number of sulfonamides is 1. The molecule has 5 nitrogen and oxygen atoms in total. The minimum absolute atomic E-state index is 0.223. The molecule has 2 aromatic carbocycles. The number of carbonyl (C=O) groups is 1. The number of fused-ring (bicyclic) bond motifs is 1. The van der Waals surface area contributed by atoms with Crippen LogP contribution in [0.5, 0.6) is 0 Å². The minimum atomic E-state index is -3.69. The Labute approximate surface area is 178 Å². The summed E-state index contributed by atoms with van der Waals surface area (Å²) in [6, 6.07) is 10.1. The van der Waals surface area contributed by atoms with Crippen LogP contribution in [0.4, 0.5) is 5.69 Å². The second-order valence-corrected chi connectivity index (χ2v) is 10.0. The van der Waals surface area contributed by atoms with E-state index < -0.39 is 16.1 Å². The van der Waals surface area contributed by atoms with Crippen molar-refractivity contribution in [3.8, 4) is 0 Å². The summed E-state index contributed by atoms with van der Waals surface area (Å²) in [6.07, 6.45) is 4.43. The fourth-order valence-corrected chi connectivity index (χ4v) is 5.15. The quantitative estimate of drug-likeness (QED) is 0.741. The summed E-state index contributed by atoms with van der Waals surface area (Å²) in [7, 11) is -3.69. The third-order valence-electron chi connectivity index (χ3n) is 5.48. The van der Waals surface area contributed by atoms with E-state index in [-0.39, 0.29) is 11.9 Å². The van der Waals surface area contributed by atoms with Crippen LogP contribution >= 0.6 is 11.6 Å². The SMILES string of the molecule is Cc1ccc(N([C@@H](C)C(=O)N[C@@H](C)c2ccc3c(c2)CCC3)S(C)(=O)=O)cc1Cl. The number of aryl methyl sites for hydroxylation is 3. The molecule has 0 unspecified atom stereocenters. The summed E-state index contributed by atoms with van der Waals surface area (Å²) in [6.45, 7) is 5.33. The van der Waals surface area contributed by atoms with Gasteiger partial charge in [-0.2, -0.15) is 0 Å². The minimum Gasteiger partial charge on any atom is -0.348 e. The number of anilines is 1. The molecule has 0 saturated carbocycles.